The van der Waals surface area contributed by atoms with Gasteiger partial charge >= 0.3 is 0 Å². The molecule has 0 radical (unpaired) electrons. The first-order valence-electron chi connectivity index (χ1n) is 6.86. The lowest BCUT2D eigenvalue weighted by Gasteiger charge is -2.19. The molecule has 2 N–H and O–H groups in total. The van der Waals surface area contributed by atoms with Gasteiger partial charge in [0.25, 0.3) is 0 Å². The summed E-state index contributed by atoms with van der Waals surface area (Å²) in [5.74, 6) is 0.749. The highest BCUT2D eigenvalue weighted by atomic mass is 79.9. The van der Waals surface area contributed by atoms with Gasteiger partial charge in [0, 0.05) is 19.7 Å². The summed E-state index contributed by atoms with van der Waals surface area (Å²) in [5.41, 5.74) is 1.16. The molecule has 0 amide bonds. The van der Waals surface area contributed by atoms with Gasteiger partial charge in [0.05, 0.1) is 11.1 Å². The number of aliphatic hydroxyl groups excluding tert-OH is 1. The Hall–Kier alpha value is -0.620. The molecule has 0 saturated carbocycles. The zero-order valence-electron chi connectivity index (χ0n) is 12.4. The van der Waals surface area contributed by atoms with Gasteiger partial charge in [-0.3, -0.25) is 0 Å². The Bertz CT molecular complexity index is 401. The lowest BCUT2D eigenvalue weighted by Crippen LogP contribution is -2.40. The number of aryl methyl sites for hydroxylation is 1. The number of methoxy groups -OCH3 is 1. The molecule has 0 aromatic heterocycles. The maximum Gasteiger partial charge on any atom is 0.133 e. The van der Waals surface area contributed by atoms with Crippen molar-refractivity contribution in [3.63, 3.8) is 0 Å². The molecule has 0 aliphatic heterocycles. The van der Waals surface area contributed by atoms with E-state index in [0.29, 0.717) is 13.2 Å². The van der Waals surface area contributed by atoms with E-state index in [1.807, 2.05) is 25.1 Å². The first-order valence-corrected chi connectivity index (χ1v) is 7.65. The van der Waals surface area contributed by atoms with Crippen molar-refractivity contribution in [2.45, 2.75) is 32.4 Å². The number of aliphatic hydroxyl groups is 1. The van der Waals surface area contributed by atoms with Gasteiger partial charge in [-0.2, -0.15) is 0 Å². The van der Waals surface area contributed by atoms with E-state index in [0.717, 1.165) is 22.2 Å². The monoisotopic (exact) mass is 345 g/mol. The Labute approximate surface area is 129 Å². The standard InChI is InChI=1S/C15H24BrNO3/c1-4-12(9-19-3)17-8-13(18)10-20-15-6-5-11(2)7-14(15)16/h5-7,12-13,17-18H,4,8-10H2,1-3H3. The van der Waals surface area contributed by atoms with E-state index in [1.165, 1.54) is 0 Å². The fourth-order valence-electron chi connectivity index (χ4n) is 1.79. The summed E-state index contributed by atoms with van der Waals surface area (Å²) in [4.78, 5) is 0. The highest BCUT2D eigenvalue weighted by molar-refractivity contribution is 9.10. The minimum Gasteiger partial charge on any atom is -0.490 e. The number of halogens is 1. The van der Waals surface area contributed by atoms with E-state index in [2.05, 4.69) is 28.2 Å². The molecular weight excluding hydrogens is 322 g/mol. The highest BCUT2D eigenvalue weighted by Gasteiger charge is 2.10. The number of hydrogen-bond donors (Lipinski definition) is 2. The Morgan fingerprint density at radius 3 is 2.70 bits per heavy atom. The third-order valence-electron chi connectivity index (χ3n) is 3.02. The first kappa shape index (κ1) is 17.4. The number of benzene rings is 1. The third-order valence-corrected chi connectivity index (χ3v) is 3.64. The average molecular weight is 346 g/mol. The summed E-state index contributed by atoms with van der Waals surface area (Å²) in [6.45, 7) is 5.51. The third kappa shape index (κ3) is 6.22. The van der Waals surface area contributed by atoms with Gasteiger partial charge in [0.15, 0.2) is 0 Å². The van der Waals surface area contributed by atoms with Crippen molar-refractivity contribution in [2.75, 3.05) is 26.9 Å². The molecule has 0 saturated heterocycles. The van der Waals surface area contributed by atoms with Crippen molar-refractivity contribution in [3.05, 3.63) is 28.2 Å². The van der Waals surface area contributed by atoms with Crippen molar-refractivity contribution in [1.82, 2.24) is 5.32 Å². The molecule has 1 aromatic carbocycles. The van der Waals surface area contributed by atoms with Crippen molar-refractivity contribution in [3.8, 4) is 5.75 Å². The number of ether oxygens (including phenoxy) is 2. The maximum absolute atomic E-state index is 9.92. The predicted octanol–water partition coefficient (Wildman–Crippen LogP) is 2.51. The lowest BCUT2D eigenvalue weighted by atomic mass is 10.2. The van der Waals surface area contributed by atoms with Crippen LogP contribution >= 0.6 is 15.9 Å². The molecule has 0 bridgehead atoms. The lowest BCUT2D eigenvalue weighted by molar-refractivity contribution is 0.0949. The van der Waals surface area contributed by atoms with Gasteiger partial charge in [-0.1, -0.05) is 13.0 Å². The molecule has 114 valence electrons. The van der Waals surface area contributed by atoms with Gasteiger partial charge in [-0.25, -0.2) is 0 Å². The largest absolute Gasteiger partial charge is 0.490 e. The zero-order valence-corrected chi connectivity index (χ0v) is 13.9. The number of rotatable bonds is 9. The van der Waals surface area contributed by atoms with Crippen molar-refractivity contribution >= 4 is 15.9 Å². The van der Waals surface area contributed by atoms with Crippen molar-refractivity contribution in [2.24, 2.45) is 0 Å². The van der Waals surface area contributed by atoms with Crippen LogP contribution in [0, 0.1) is 6.92 Å². The van der Waals surface area contributed by atoms with Gasteiger partial charge in [-0.05, 0) is 47.0 Å². The van der Waals surface area contributed by atoms with E-state index in [-0.39, 0.29) is 12.6 Å². The minimum atomic E-state index is -0.547. The highest BCUT2D eigenvalue weighted by Crippen LogP contribution is 2.25. The zero-order chi connectivity index (χ0) is 15.0. The van der Waals surface area contributed by atoms with Crippen molar-refractivity contribution in [1.29, 1.82) is 0 Å². The maximum atomic E-state index is 9.92. The molecule has 2 atom stereocenters. The van der Waals surface area contributed by atoms with Crippen LogP contribution in [0.3, 0.4) is 0 Å². The SMILES string of the molecule is CCC(COC)NCC(O)COc1ccc(C)cc1Br. The van der Waals surface area contributed by atoms with Crippen molar-refractivity contribution < 1.29 is 14.6 Å². The van der Waals surface area contributed by atoms with E-state index in [9.17, 15) is 5.11 Å². The second-order valence-electron chi connectivity index (χ2n) is 4.87. The Morgan fingerprint density at radius 1 is 1.35 bits per heavy atom. The molecule has 2 unspecified atom stereocenters. The Morgan fingerprint density at radius 2 is 2.10 bits per heavy atom. The molecule has 0 heterocycles. The first-order chi connectivity index (χ1) is 9.56. The minimum absolute atomic E-state index is 0.262. The molecule has 20 heavy (non-hydrogen) atoms. The molecule has 0 aliphatic carbocycles. The van der Waals surface area contributed by atoms with Crippen LogP contribution in [0.2, 0.25) is 0 Å². The van der Waals surface area contributed by atoms with E-state index in [1.54, 1.807) is 7.11 Å². The quantitative estimate of drug-likeness (QED) is 0.721. The molecule has 0 spiro atoms. The normalized spacial score (nSPS) is 14.1. The van der Waals surface area contributed by atoms with Crippen LogP contribution in [0.15, 0.2) is 22.7 Å². The molecule has 5 heteroatoms. The smallest absolute Gasteiger partial charge is 0.133 e. The van der Waals surface area contributed by atoms with Crippen LogP contribution in [-0.2, 0) is 4.74 Å². The molecule has 4 nitrogen and oxygen atoms in total. The molecule has 0 fully saturated rings. The van der Waals surface area contributed by atoms with E-state index >= 15 is 0 Å². The number of nitrogens with one attached hydrogen (secondary N) is 1. The topological polar surface area (TPSA) is 50.7 Å². The second-order valence-corrected chi connectivity index (χ2v) is 5.72. The average Bonchev–Trinajstić information content (AvgIpc) is 2.42. The predicted molar refractivity (Wildman–Crippen MR) is 84.3 cm³/mol. The van der Waals surface area contributed by atoms with Gasteiger partial charge in [0.1, 0.15) is 18.5 Å². The van der Waals surface area contributed by atoms with Crippen LogP contribution in [0.5, 0.6) is 5.75 Å². The molecule has 1 aromatic rings. The summed E-state index contributed by atoms with van der Waals surface area (Å²) in [6, 6.07) is 6.14. The summed E-state index contributed by atoms with van der Waals surface area (Å²) >= 11 is 3.45. The van der Waals surface area contributed by atoms with Crippen LogP contribution in [-0.4, -0.2) is 44.1 Å². The van der Waals surface area contributed by atoms with Crippen LogP contribution < -0.4 is 10.1 Å². The van der Waals surface area contributed by atoms with E-state index in [4.69, 9.17) is 9.47 Å². The van der Waals surface area contributed by atoms with Crippen LogP contribution in [0.4, 0.5) is 0 Å². The second kappa shape index (κ2) is 9.34. The van der Waals surface area contributed by atoms with Crippen LogP contribution in [0.25, 0.3) is 0 Å². The molecule has 0 aliphatic rings. The van der Waals surface area contributed by atoms with Gasteiger partial charge in [-0.15, -0.1) is 0 Å². The van der Waals surface area contributed by atoms with Crippen LogP contribution in [0.1, 0.15) is 18.9 Å². The summed E-state index contributed by atoms with van der Waals surface area (Å²) in [7, 11) is 1.68. The van der Waals surface area contributed by atoms with Gasteiger partial charge < -0.3 is 19.9 Å². The summed E-state index contributed by atoms with van der Waals surface area (Å²) in [5, 5.41) is 13.2. The Balaban J connectivity index is 2.33. The summed E-state index contributed by atoms with van der Waals surface area (Å²) < 4.78 is 11.6. The van der Waals surface area contributed by atoms with Gasteiger partial charge in [0.2, 0.25) is 0 Å². The number of hydrogen-bond acceptors (Lipinski definition) is 4. The molecular formula is C15H24BrNO3. The summed E-state index contributed by atoms with van der Waals surface area (Å²) in [6.07, 6.45) is 0.416. The Kier molecular flexibility index (Phi) is 8.14. The van der Waals surface area contributed by atoms with E-state index < -0.39 is 6.10 Å². The fourth-order valence-corrected chi connectivity index (χ4v) is 2.40. The fraction of sp³-hybridized carbons (Fsp3) is 0.600. The molecule has 1 rings (SSSR count).